The second-order valence-electron chi connectivity index (χ2n) is 6.11. The molecule has 1 aliphatic heterocycles. The Balaban J connectivity index is 1.66. The van der Waals surface area contributed by atoms with Crippen molar-refractivity contribution in [3.05, 3.63) is 35.4 Å². The Morgan fingerprint density at radius 2 is 1.86 bits per heavy atom. The van der Waals surface area contributed by atoms with Gasteiger partial charge in [-0.1, -0.05) is 37.1 Å². The fourth-order valence-electron chi connectivity index (χ4n) is 3.20. The van der Waals surface area contributed by atoms with Gasteiger partial charge in [0.05, 0.1) is 5.60 Å². The molecule has 1 aromatic carbocycles. The lowest BCUT2D eigenvalue weighted by Gasteiger charge is -2.30. The lowest BCUT2D eigenvalue weighted by molar-refractivity contribution is 0.0527. The zero-order valence-electron chi connectivity index (χ0n) is 12.1. The van der Waals surface area contributed by atoms with Crippen molar-refractivity contribution < 1.29 is 13.5 Å². The third-order valence-electron chi connectivity index (χ3n) is 4.55. The third kappa shape index (κ3) is 3.29. The summed E-state index contributed by atoms with van der Waals surface area (Å²) in [5.74, 6) is 0. The summed E-state index contributed by atoms with van der Waals surface area (Å²) in [6, 6.07) is 7.94. The van der Waals surface area contributed by atoms with Crippen LogP contribution in [-0.4, -0.2) is 36.5 Å². The van der Waals surface area contributed by atoms with Crippen LogP contribution in [0.1, 0.15) is 36.8 Å². The highest BCUT2D eigenvalue weighted by Crippen LogP contribution is 2.29. The van der Waals surface area contributed by atoms with Crippen molar-refractivity contribution in [3.63, 3.8) is 0 Å². The van der Waals surface area contributed by atoms with Crippen molar-refractivity contribution in [2.24, 2.45) is 0 Å². The minimum atomic E-state index is -3.53. The SMILES string of the molecule is O=S(=O)(NCC1(O)CCCC1)N1CCc2ccccc2C1. The Morgan fingerprint density at radius 3 is 2.57 bits per heavy atom. The number of hydrogen-bond acceptors (Lipinski definition) is 3. The molecule has 1 aromatic rings. The van der Waals surface area contributed by atoms with Gasteiger partial charge in [-0.05, 0) is 30.4 Å². The predicted molar refractivity (Wildman–Crippen MR) is 80.9 cm³/mol. The van der Waals surface area contributed by atoms with Crippen molar-refractivity contribution in [1.82, 2.24) is 9.03 Å². The highest BCUT2D eigenvalue weighted by molar-refractivity contribution is 7.87. The van der Waals surface area contributed by atoms with Gasteiger partial charge in [-0.15, -0.1) is 0 Å². The number of nitrogens with one attached hydrogen (secondary N) is 1. The highest BCUT2D eigenvalue weighted by Gasteiger charge is 2.34. The van der Waals surface area contributed by atoms with E-state index in [1.807, 2.05) is 24.3 Å². The van der Waals surface area contributed by atoms with E-state index in [2.05, 4.69) is 4.72 Å². The van der Waals surface area contributed by atoms with Gasteiger partial charge in [0.15, 0.2) is 0 Å². The molecule has 0 bridgehead atoms. The van der Waals surface area contributed by atoms with E-state index in [1.54, 1.807) is 0 Å². The summed E-state index contributed by atoms with van der Waals surface area (Å²) in [5.41, 5.74) is 1.42. The predicted octanol–water partition coefficient (Wildman–Crippen LogP) is 1.18. The second kappa shape index (κ2) is 5.68. The van der Waals surface area contributed by atoms with Crippen molar-refractivity contribution in [3.8, 4) is 0 Å². The maximum absolute atomic E-state index is 12.4. The van der Waals surface area contributed by atoms with E-state index in [1.165, 1.54) is 9.87 Å². The minimum absolute atomic E-state index is 0.119. The van der Waals surface area contributed by atoms with E-state index in [0.29, 0.717) is 25.9 Å². The smallest absolute Gasteiger partial charge is 0.279 e. The molecule has 0 radical (unpaired) electrons. The first-order chi connectivity index (χ1) is 9.99. The molecule has 1 fully saturated rings. The van der Waals surface area contributed by atoms with Crippen molar-refractivity contribution in [1.29, 1.82) is 0 Å². The van der Waals surface area contributed by atoms with Gasteiger partial charge in [0.25, 0.3) is 10.2 Å². The Hall–Kier alpha value is -0.950. The highest BCUT2D eigenvalue weighted by atomic mass is 32.2. The number of rotatable bonds is 4. The number of fused-ring (bicyclic) bond motifs is 1. The maximum atomic E-state index is 12.4. The van der Waals surface area contributed by atoms with E-state index >= 15 is 0 Å². The lowest BCUT2D eigenvalue weighted by atomic mass is 10.0. The average molecular weight is 310 g/mol. The molecular weight excluding hydrogens is 288 g/mol. The van der Waals surface area contributed by atoms with Crippen LogP contribution in [0.4, 0.5) is 0 Å². The van der Waals surface area contributed by atoms with E-state index in [0.717, 1.165) is 24.8 Å². The van der Waals surface area contributed by atoms with Gasteiger partial charge in [0.1, 0.15) is 0 Å². The van der Waals surface area contributed by atoms with Crippen LogP contribution in [0.3, 0.4) is 0 Å². The molecule has 6 heteroatoms. The largest absolute Gasteiger partial charge is 0.389 e. The first kappa shape index (κ1) is 15.0. The fourth-order valence-corrected chi connectivity index (χ4v) is 4.48. The van der Waals surface area contributed by atoms with Crippen LogP contribution in [0.25, 0.3) is 0 Å². The van der Waals surface area contributed by atoms with Crippen LogP contribution in [0, 0.1) is 0 Å². The molecule has 0 saturated heterocycles. The molecule has 3 rings (SSSR count). The van der Waals surface area contributed by atoms with Crippen LogP contribution >= 0.6 is 0 Å². The third-order valence-corrected chi connectivity index (χ3v) is 6.05. The second-order valence-corrected chi connectivity index (χ2v) is 7.87. The molecule has 5 nitrogen and oxygen atoms in total. The fraction of sp³-hybridized carbons (Fsp3) is 0.600. The van der Waals surface area contributed by atoms with Crippen LogP contribution in [0.2, 0.25) is 0 Å². The molecule has 0 spiro atoms. The summed E-state index contributed by atoms with van der Waals surface area (Å²) in [7, 11) is -3.53. The summed E-state index contributed by atoms with van der Waals surface area (Å²) in [6.45, 7) is 1.02. The van der Waals surface area contributed by atoms with Gasteiger partial charge in [-0.3, -0.25) is 0 Å². The first-order valence-electron chi connectivity index (χ1n) is 7.52. The average Bonchev–Trinajstić information content (AvgIpc) is 2.92. The molecule has 21 heavy (non-hydrogen) atoms. The van der Waals surface area contributed by atoms with Gasteiger partial charge < -0.3 is 5.11 Å². The summed E-state index contributed by atoms with van der Waals surface area (Å²) in [4.78, 5) is 0. The zero-order chi connectivity index (χ0) is 14.9. The van der Waals surface area contributed by atoms with E-state index in [-0.39, 0.29) is 6.54 Å². The maximum Gasteiger partial charge on any atom is 0.279 e. The summed E-state index contributed by atoms with van der Waals surface area (Å²) in [6.07, 6.45) is 4.03. The Labute approximate surface area is 126 Å². The van der Waals surface area contributed by atoms with E-state index in [4.69, 9.17) is 0 Å². The van der Waals surface area contributed by atoms with Gasteiger partial charge >= 0.3 is 0 Å². The van der Waals surface area contributed by atoms with Crippen LogP contribution in [0.5, 0.6) is 0 Å². The summed E-state index contributed by atoms with van der Waals surface area (Å²) < 4.78 is 28.9. The number of aliphatic hydroxyl groups is 1. The molecule has 1 saturated carbocycles. The van der Waals surface area contributed by atoms with Crippen LogP contribution < -0.4 is 4.72 Å². The van der Waals surface area contributed by atoms with Gasteiger partial charge in [0.2, 0.25) is 0 Å². The molecule has 1 aliphatic carbocycles. The van der Waals surface area contributed by atoms with Gasteiger partial charge in [-0.25, -0.2) is 0 Å². The monoisotopic (exact) mass is 310 g/mol. The van der Waals surface area contributed by atoms with Gasteiger partial charge in [0, 0.05) is 19.6 Å². The summed E-state index contributed by atoms with van der Waals surface area (Å²) >= 11 is 0. The molecular formula is C15H22N2O3S. The molecule has 1 heterocycles. The first-order valence-corrected chi connectivity index (χ1v) is 8.96. The lowest BCUT2D eigenvalue weighted by Crippen LogP contribution is -2.48. The minimum Gasteiger partial charge on any atom is -0.389 e. The molecule has 0 aromatic heterocycles. The zero-order valence-corrected chi connectivity index (χ0v) is 12.9. The van der Waals surface area contributed by atoms with E-state index in [9.17, 15) is 13.5 Å². The molecule has 0 atom stereocenters. The van der Waals surface area contributed by atoms with Crippen molar-refractivity contribution in [2.45, 2.75) is 44.2 Å². The Kier molecular flexibility index (Phi) is 4.05. The van der Waals surface area contributed by atoms with E-state index < -0.39 is 15.8 Å². The molecule has 2 N–H and O–H groups in total. The standard InChI is InChI=1S/C15H22N2O3S/c18-15(8-3-4-9-15)12-16-21(19,20)17-10-7-13-5-1-2-6-14(13)11-17/h1-2,5-6,16,18H,3-4,7-12H2. The molecule has 116 valence electrons. The molecule has 0 unspecified atom stereocenters. The van der Waals surface area contributed by atoms with Crippen molar-refractivity contribution >= 4 is 10.2 Å². The number of benzene rings is 1. The van der Waals surface area contributed by atoms with Crippen LogP contribution in [0.15, 0.2) is 24.3 Å². The Bertz CT molecular complexity index is 609. The van der Waals surface area contributed by atoms with Gasteiger partial charge in [-0.2, -0.15) is 17.4 Å². The molecule has 2 aliphatic rings. The summed E-state index contributed by atoms with van der Waals surface area (Å²) in [5, 5.41) is 10.3. The topological polar surface area (TPSA) is 69.6 Å². The quantitative estimate of drug-likeness (QED) is 0.877. The number of nitrogens with zero attached hydrogens (tertiary/aromatic N) is 1. The Morgan fingerprint density at radius 1 is 1.19 bits per heavy atom. The van der Waals surface area contributed by atoms with Crippen LogP contribution in [-0.2, 0) is 23.2 Å². The normalized spacial score (nSPS) is 22.1. The number of hydrogen-bond donors (Lipinski definition) is 2. The molecule has 0 amide bonds. The van der Waals surface area contributed by atoms with Crippen molar-refractivity contribution in [2.75, 3.05) is 13.1 Å².